The Balaban J connectivity index is 2.59. The highest BCUT2D eigenvalue weighted by Gasteiger charge is 2.17. The van der Waals surface area contributed by atoms with Crippen molar-refractivity contribution in [1.82, 2.24) is 9.97 Å². The van der Waals surface area contributed by atoms with E-state index in [1.54, 1.807) is 6.07 Å². The van der Waals surface area contributed by atoms with E-state index in [-0.39, 0.29) is 18.0 Å². The van der Waals surface area contributed by atoms with Crippen LogP contribution < -0.4 is 15.8 Å². The maximum Gasteiger partial charge on any atom is 0.225 e. The van der Waals surface area contributed by atoms with Crippen molar-refractivity contribution in [3.63, 3.8) is 0 Å². The molecule has 0 radical (unpaired) electrons. The largest absolute Gasteiger partial charge is 0.481 e. The topological polar surface area (TPSA) is 93.3 Å². The summed E-state index contributed by atoms with van der Waals surface area (Å²) in [4.78, 5) is 8.01. The Morgan fingerprint density at radius 3 is 2.78 bits per heavy atom. The first-order valence-corrected chi connectivity index (χ1v) is 6.00. The number of nitrogens with one attached hydrogen (secondary N) is 1. The molecule has 1 heterocycles. The third-order valence-corrected chi connectivity index (χ3v) is 2.69. The maximum absolute atomic E-state index is 8.85. The number of ether oxygens (including phenoxy) is 1. The highest BCUT2D eigenvalue weighted by atomic mass is 16.5. The molecule has 0 amide bonds. The van der Waals surface area contributed by atoms with Crippen LogP contribution in [0.5, 0.6) is 5.88 Å². The number of aromatic nitrogens is 2. The summed E-state index contributed by atoms with van der Waals surface area (Å²) in [7, 11) is 1.54. The van der Waals surface area contributed by atoms with Gasteiger partial charge in [-0.2, -0.15) is 9.97 Å². The fourth-order valence-corrected chi connectivity index (χ4v) is 1.61. The van der Waals surface area contributed by atoms with Crippen molar-refractivity contribution in [2.24, 2.45) is 5.41 Å². The van der Waals surface area contributed by atoms with Gasteiger partial charge < -0.3 is 20.9 Å². The predicted octanol–water partition coefficient (Wildman–Crippen LogP) is 1.28. The van der Waals surface area contributed by atoms with Crippen LogP contribution in [0.3, 0.4) is 0 Å². The molecule has 0 aliphatic heterocycles. The van der Waals surface area contributed by atoms with Gasteiger partial charge in [-0.05, 0) is 18.3 Å². The number of hydrogen-bond donors (Lipinski definition) is 3. The minimum atomic E-state index is 0.0790. The summed E-state index contributed by atoms with van der Waals surface area (Å²) in [5.74, 6) is 1.28. The van der Waals surface area contributed by atoms with Crippen molar-refractivity contribution in [3.8, 4) is 5.88 Å². The lowest BCUT2D eigenvalue weighted by molar-refractivity contribution is 0.248. The van der Waals surface area contributed by atoms with Crippen molar-refractivity contribution in [2.45, 2.75) is 26.7 Å². The number of aliphatic hydroxyl groups excluding tert-OH is 1. The van der Waals surface area contributed by atoms with E-state index in [1.165, 1.54) is 7.11 Å². The van der Waals surface area contributed by atoms with Crippen LogP contribution in [-0.2, 0) is 0 Å². The normalized spacial score (nSPS) is 11.3. The summed E-state index contributed by atoms with van der Waals surface area (Å²) in [5, 5.41) is 12.1. The Labute approximate surface area is 108 Å². The van der Waals surface area contributed by atoms with Crippen molar-refractivity contribution in [2.75, 3.05) is 31.3 Å². The van der Waals surface area contributed by atoms with E-state index in [2.05, 4.69) is 29.1 Å². The van der Waals surface area contributed by atoms with Crippen LogP contribution in [0.25, 0.3) is 0 Å². The standard InChI is InChI=1S/C12H22N4O2/c1-12(2,5-4-6-17)8-14-9-7-10(18-3)16-11(13)15-9/h7,17H,4-6,8H2,1-3H3,(H3,13,14,15,16). The van der Waals surface area contributed by atoms with Crippen LogP contribution in [-0.4, -0.2) is 35.3 Å². The van der Waals surface area contributed by atoms with Crippen molar-refractivity contribution in [1.29, 1.82) is 0 Å². The number of anilines is 2. The number of rotatable bonds is 7. The fraction of sp³-hybridized carbons (Fsp3) is 0.667. The summed E-state index contributed by atoms with van der Waals surface area (Å²) in [6, 6.07) is 1.71. The molecule has 0 saturated carbocycles. The Bertz CT molecular complexity index is 382. The Morgan fingerprint density at radius 1 is 1.44 bits per heavy atom. The molecule has 0 aliphatic rings. The predicted molar refractivity (Wildman–Crippen MR) is 71.6 cm³/mol. The Kier molecular flexibility index (Phi) is 5.15. The summed E-state index contributed by atoms with van der Waals surface area (Å²) >= 11 is 0. The molecule has 0 unspecified atom stereocenters. The van der Waals surface area contributed by atoms with Gasteiger partial charge in [-0.1, -0.05) is 13.8 Å². The molecule has 6 heteroatoms. The molecule has 18 heavy (non-hydrogen) atoms. The van der Waals surface area contributed by atoms with Gasteiger partial charge in [-0.3, -0.25) is 0 Å². The van der Waals surface area contributed by atoms with Crippen molar-refractivity contribution < 1.29 is 9.84 Å². The number of aliphatic hydroxyl groups is 1. The average molecular weight is 254 g/mol. The smallest absolute Gasteiger partial charge is 0.225 e. The Morgan fingerprint density at radius 2 is 2.17 bits per heavy atom. The fourth-order valence-electron chi connectivity index (χ4n) is 1.61. The van der Waals surface area contributed by atoms with Crippen molar-refractivity contribution >= 4 is 11.8 Å². The molecule has 0 spiro atoms. The monoisotopic (exact) mass is 254 g/mol. The zero-order valence-corrected chi connectivity index (χ0v) is 11.2. The number of nitrogens with two attached hydrogens (primary N) is 1. The summed E-state index contributed by atoms with van der Waals surface area (Å²) in [5.41, 5.74) is 5.66. The SMILES string of the molecule is COc1cc(NCC(C)(C)CCCO)nc(N)n1. The average Bonchev–Trinajstić information content (AvgIpc) is 2.33. The van der Waals surface area contributed by atoms with E-state index in [0.717, 1.165) is 19.4 Å². The van der Waals surface area contributed by atoms with E-state index < -0.39 is 0 Å². The quantitative estimate of drug-likeness (QED) is 0.678. The molecular weight excluding hydrogens is 232 g/mol. The second-order valence-corrected chi connectivity index (χ2v) is 5.00. The van der Waals surface area contributed by atoms with Gasteiger partial charge >= 0.3 is 0 Å². The highest BCUT2D eigenvalue weighted by Crippen LogP contribution is 2.23. The molecule has 4 N–H and O–H groups in total. The summed E-state index contributed by atoms with van der Waals surface area (Å²) in [6.45, 7) is 5.24. The maximum atomic E-state index is 8.85. The van der Waals surface area contributed by atoms with Gasteiger partial charge in [-0.25, -0.2) is 0 Å². The number of hydrogen-bond acceptors (Lipinski definition) is 6. The number of nitrogens with zero attached hydrogens (tertiary/aromatic N) is 2. The Hall–Kier alpha value is -1.56. The van der Waals surface area contributed by atoms with E-state index in [0.29, 0.717) is 11.7 Å². The van der Waals surface area contributed by atoms with Crippen LogP contribution in [0.2, 0.25) is 0 Å². The third-order valence-electron chi connectivity index (χ3n) is 2.69. The van der Waals surface area contributed by atoms with Crippen LogP contribution in [0.1, 0.15) is 26.7 Å². The molecule has 0 bridgehead atoms. The van der Waals surface area contributed by atoms with Gasteiger partial charge in [0.25, 0.3) is 0 Å². The molecule has 1 aromatic heterocycles. The van der Waals surface area contributed by atoms with Gasteiger partial charge in [0.05, 0.1) is 7.11 Å². The van der Waals surface area contributed by atoms with E-state index in [9.17, 15) is 0 Å². The minimum absolute atomic E-state index is 0.0790. The molecular formula is C12H22N4O2. The van der Waals surface area contributed by atoms with Gasteiger partial charge in [0.1, 0.15) is 5.82 Å². The molecule has 0 aliphatic carbocycles. The molecule has 0 saturated heterocycles. The molecule has 0 aromatic carbocycles. The summed E-state index contributed by atoms with van der Waals surface area (Å²) < 4.78 is 5.03. The zero-order chi connectivity index (χ0) is 13.6. The second kappa shape index (κ2) is 6.39. The van der Waals surface area contributed by atoms with E-state index >= 15 is 0 Å². The van der Waals surface area contributed by atoms with Gasteiger partial charge in [-0.15, -0.1) is 0 Å². The molecule has 102 valence electrons. The molecule has 6 nitrogen and oxygen atoms in total. The van der Waals surface area contributed by atoms with E-state index in [1.807, 2.05) is 0 Å². The van der Waals surface area contributed by atoms with E-state index in [4.69, 9.17) is 15.6 Å². The first-order chi connectivity index (χ1) is 8.46. The highest BCUT2D eigenvalue weighted by molar-refractivity contribution is 5.42. The van der Waals surface area contributed by atoms with Crippen LogP contribution in [0.15, 0.2) is 6.07 Å². The first kappa shape index (κ1) is 14.5. The number of nitrogen functional groups attached to an aromatic ring is 1. The zero-order valence-electron chi connectivity index (χ0n) is 11.2. The first-order valence-electron chi connectivity index (χ1n) is 6.00. The lowest BCUT2D eigenvalue weighted by Gasteiger charge is -2.25. The molecule has 0 fully saturated rings. The number of methoxy groups -OCH3 is 1. The minimum Gasteiger partial charge on any atom is -0.481 e. The van der Waals surface area contributed by atoms with Crippen LogP contribution in [0, 0.1) is 5.41 Å². The summed E-state index contributed by atoms with van der Waals surface area (Å²) in [6.07, 6.45) is 1.73. The lowest BCUT2D eigenvalue weighted by atomic mass is 9.88. The van der Waals surface area contributed by atoms with Crippen LogP contribution >= 0.6 is 0 Å². The molecule has 0 atom stereocenters. The van der Waals surface area contributed by atoms with Crippen LogP contribution in [0.4, 0.5) is 11.8 Å². The molecule has 1 aromatic rings. The second-order valence-electron chi connectivity index (χ2n) is 5.00. The molecule has 1 rings (SSSR count). The third kappa shape index (κ3) is 4.75. The van der Waals surface area contributed by atoms with Gasteiger partial charge in [0, 0.05) is 19.2 Å². The van der Waals surface area contributed by atoms with Gasteiger partial charge in [0.2, 0.25) is 11.8 Å². The van der Waals surface area contributed by atoms with Gasteiger partial charge in [0.15, 0.2) is 0 Å². The van der Waals surface area contributed by atoms with Crippen molar-refractivity contribution in [3.05, 3.63) is 6.07 Å². The lowest BCUT2D eigenvalue weighted by Crippen LogP contribution is -2.24.